The lowest BCUT2D eigenvalue weighted by Gasteiger charge is -2.13. The molecule has 2 rings (SSSR count). The van der Waals surface area contributed by atoms with Gasteiger partial charge in [-0.3, -0.25) is 9.67 Å². The summed E-state index contributed by atoms with van der Waals surface area (Å²) in [6.07, 6.45) is 7.12. The molecule has 0 aliphatic heterocycles. The number of hydrogen-bond donors (Lipinski definition) is 2. The first-order valence-electron chi connectivity index (χ1n) is 8.21. The van der Waals surface area contributed by atoms with Gasteiger partial charge in [-0.05, 0) is 36.0 Å². The number of nitrogens with one attached hydrogen (secondary N) is 2. The zero-order chi connectivity index (χ0) is 16.5. The molecular formula is C18H27N5. The van der Waals surface area contributed by atoms with Crippen LogP contribution in [0.15, 0.2) is 41.7 Å². The molecular weight excluding hydrogens is 286 g/mol. The number of hydrogen-bond acceptors (Lipinski definition) is 2. The van der Waals surface area contributed by atoms with Gasteiger partial charge in [0.2, 0.25) is 0 Å². The standard InChI is InChI=1S/C18H27N5/c1-4-16-9-5-6-10-17(16)13-21-18(19-2)20-11-7-8-15-12-22-23(3)14-15/h5-6,9-10,12,14H,4,7-8,11,13H2,1-3H3,(H2,19,20,21). The highest BCUT2D eigenvalue weighted by Gasteiger charge is 2.02. The third kappa shape index (κ3) is 5.43. The van der Waals surface area contributed by atoms with E-state index in [2.05, 4.69) is 58.1 Å². The fourth-order valence-corrected chi connectivity index (χ4v) is 2.57. The molecule has 0 fully saturated rings. The first kappa shape index (κ1) is 17.1. The number of rotatable bonds is 7. The lowest BCUT2D eigenvalue weighted by molar-refractivity contribution is 0.738. The first-order chi connectivity index (χ1) is 11.2. The maximum atomic E-state index is 4.29. The van der Waals surface area contributed by atoms with Crippen molar-refractivity contribution < 1.29 is 0 Å². The van der Waals surface area contributed by atoms with Crippen LogP contribution in [0.2, 0.25) is 0 Å². The largest absolute Gasteiger partial charge is 0.356 e. The topological polar surface area (TPSA) is 54.2 Å². The van der Waals surface area contributed by atoms with Crippen LogP contribution < -0.4 is 10.6 Å². The quantitative estimate of drug-likeness (QED) is 0.468. The van der Waals surface area contributed by atoms with Crippen molar-refractivity contribution in [3.8, 4) is 0 Å². The van der Waals surface area contributed by atoms with Crippen LogP contribution in [0.1, 0.15) is 30.0 Å². The summed E-state index contributed by atoms with van der Waals surface area (Å²) < 4.78 is 1.84. The van der Waals surface area contributed by atoms with Gasteiger partial charge in [0.1, 0.15) is 0 Å². The Balaban J connectivity index is 1.73. The number of benzene rings is 1. The summed E-state index contributed by atoms with van der Waals surface area (Å²) in [5.41, 5.74) is 3.98. The van der Waals surface area contributed by atoms with Crippen molar-refractivity contribution >= 4 is 5.96 Å². The van der Waals surface area contributed by atoms with E-state index in [1.807, 2.05) is 25.0 Å². The Morgan fingerprint density at radius 3 is 2.65 bits per heavy atom. The second-order valence-electron chi connectivity index (χ2n) is 5.60. The Morgan fingerprint density at radius 1 is 1.22 bits per heavy atom. The van der Waals surface area contributed by atoms with E-state index < -0.39 is 0 Å². The minimum atomic E-state index is 0.798. The highest BCUT2D eigenvalue weighted by molar-refractivity contribution is 5.79. The van der Waals surface area contributed by atoms with Gasteiger partial charge < -0.3 is 10.6 Å². The summed E-state index contributed by atoms with van der Waals surface area (Å²) in [7, 11) is 3.75. The summed E-state index contributed by atoms with van der Waals surface area (Å²) in [5, 5.41) is 10.9. The first-order valence-corrected chi connectivity index (χ1v) is 8.21. The average molecular weight is 313 g/mol. The zero-order valence-electron chi connectivity index (χ0n) is 14.3. The molecule has 1 aromatic heterocycles. The van der Waals surface area contributed by atoms with Gasteiger partial charge in [0, 0.05) is 33.4 Å². The van der Waals surface area contributed by atoms with E-state index in [0.29, 0.717) is 0 Å². The van der Waals surface area contributed by atoms with Crippen LogP contribution in [-0.2, 0) is 26.4 Å². The smallest absolute Gasteiger partial charge is 0.191 e. The van der Waals surface area contributed by atoms with E-state index in [0.717, 1.165) is 38.3 Å². The molecule has 124 valence electrons. The minimum Gasteiger partial charge on any atom is -0.356 e. The number of guanidine groups is 1. The van der Waals surface area contributed by atoms with Crippen molar-refractivity contribution in [3.05, 3.63) is 53.3 Å². The Labute approximate surface area is 138 Å². The van der Waals surface area contributed by atoms with Crippen molar-refractivity contribution in [2.24, 2.45) is 12.0 Å². The van der Waals surface area contributed by atoms with Crippen molar-refractivity contribution in [1.82, 2.24) is 20.4 Å². The van der Waals surface area contributed by atoms with Crippen LogP contribution >= 0.6 is 0 Å². The average Bonchev–Trinajstić information content (AvgIpc) is 3.00. The van der Waals surface area contributed by atoms with E-state index in [1.54, 1.807) is 0 Å². The number of aliphatic imine (C=N–C) groups is 1. The van der Waals surface area contributed by atoms with Gasteiger partial charge in [0.05, 0.1) is 6.20 Å². The summed E-state index contributed by atoms with van der Waals surface area (Å²) in [6.45, 7) is 3.88. The van der Waals surface area contributed by atoms with Gasteiger partial charge >= 0.3 is 0 Å². The molecule has 2 aromatic rings. The maximum Gasteiger partial charge on any atom is 0.191 e. The monoisotopic (exact) mass is 313 g/mol. The molecule has 0 spiro atoms. The molecule has 0 radical (unpaired) electrons. The fraction of sp³-hybridized carbons (Fsp3) is 0.444. The fourth-order valence-electron chi connectivity index (χ4n) is 2.57. The third-order valence-corrected chi connectivity index (χ3v) is 3.86. The summed E-state index contributed by atoms with van der Waals surface area (Å²) in [6, 6.07) is 8.52. The molecule has 0 saturated heterocycles. The number of nitrogens with zero attached hydrogens (tertiary/aromatic N) is 3. The number of aromatic nitrogens is 2. The van der Waals surface area contributed by atoms with Crippen molar-refractivity contribution in [2.75, 3.05) is 13.6 Å². The predicted octanol–water partition coefficient (Wildman–Crippen LogP) is 2.28. The summed E-state index contributed by atoms with van der Waals surface area (Å²) in [4.78, 5) is 4.29. The van der Waals surface area contributed by atoms with Crippen LogP contribution in [0.5, 0.6) is 0 Å². The predicted molar refractivity (Wildman–Crippen MR) is 95.6 cm³/mol. The molecule has 2 N–H and O–H groups in total. The van der Waals surface area contributed by atoms with Crippen LogP contribution in [0.25, 0.3) is 0 Å². The molecule has 0 unspecified atom stereocenters. The molecule has 1 aromatic carbocycles. The Hall–Kier alpha value is -2.30. The van der Waals surface area contributed by atoms with E-state index in [9.17, 15) is 0 Å². The second-order valence-corrected chi connectivity index (χ2v) is 5.60. The summed E-state index contributed by atoms with van der Waals surface area (Å²) in [5.74, 6) is 0.849. The Morgan fingerprint density at radius 2 is 2.00 bits per heavy atom. The SMILES string of the molecule is CCc1ccccc1CNC(=NC)NCCCc1cnn(C)c1. The lowest BCUT2D eigenvalue weighted by Crippen LogP contribution is -2.37. The molecule has 5 heteroatoms. The van der Waals surface area contributed by atoms with E-state index in [-0.39, 0.29) is 0 Å². The molecule has 0 aliphatic carbocycles. The van der Waals surface area contributed by atoms with Crippen LogP contribution in [0.3, 0.4) is 0 Å². The third-order valence-electron chi connectivity index (χ3n) is 3.86. The molecule has 1 heterocycles. The molecule has 0 amide bonds. The Kier molecular flexibility index (Phi) is 6.66. The van der Waals surface area contributed by atoms with Crippen molar-refractivity contribution in [1.29, 1.82) is 0 Å². The molecule has 0 atom stereocenters. The molecule has 0 saturated carbocycles. The van der Waals surface area contributed by atoms with Gasteiger partial charge in [-0.2, -0.15) is 5.10 Å². The molecule has 5 nitrogen and oxygen atoms in total. The normalized spacial score (nSPS) is 11.5. The highest BCUT2D eigenvalue weighted by atomic mass is 15.2. The Bertz CT molecular complexity index is 630. The van der Waals surface area contributed by atoms with E-state index in [1.165, 1.54) is 16.7 Å². The van der Waals surface area contributed by atoms with Crippen LogP contribution in [0.4, 0.5) is 0 Å². The van der Waals surface area contributed by atoms with E-state index >= 15 is 0 Å². The zero-order valence-corrected chi connectivity index (χ0v) is 14.3. The van der Waals surface area contributed by atoms with Gasteiger partial charge in [0.25, 0.3) is 0 Å². The van der Waals surface area contributed by atoms with Gasteiger partial charge in [0.15, 0.2) is 5.96 Å². The molecule has 0 aliphatic rings. The van der Waals surface area contributed by atoms with Crippen LogP contribution in [0, 0.1) is 0 Å². The van der Waals surface area contributed by atoms with Gasteiger partial charge in [-0.1, -0.05) is 31.2 Å². The van der Waals surface area contributed by atoms with Crippen LogP contribution in [-0.4, -0.2) is 29.3 Å². The minimum absolute atomic E-state index is 0.798. The van der Waals surface area contributed by atoms with Crippen molar-refractivity contribution in [2.45, 2.75) is 32.7 Å². The lowest BCUT2D eigenvalue weighted by atomic mass is 10.1. The highest BCUT2D eigenvalue weighted by Crippen LogP contribution is 2.08. The maximum absolute atomic E-state index is 4.29. The van der Waals surface area contributed by atoms with E-state index in [4.69, 9.17) is 0 Å². The molecule has 23 heavy (non-hydrogen) atoms. The summed E-state index contributed by atoms with van der Waals surface area (Å²) >= 11 is 0. The molecule has 0 bridgehead atoms. The second kappa shape index (κ2) is 8.98. The number of aryl methyl sites for hydroxylation is 3. The van der Waals surface area contributed by atoms with Crippen molar-refractivity contribution in [3.63, 3.8) is 0 Å². The van der Waals surface area contributed by atoms with Gasteiger partial charge in [-0.25, -0.2) is 0 Å². The van der Waals surface area contributed by atoms with Gasteiger partial charge in [-0.15, -0.1) is 0 Å².